The normalized spacial score (nSPS) is 27.0. The number of aromatic nitrogens is 3. The molecule has 1 saturated heterocycles. The van der Waals surface area contributed by atoms with E-state index in [-0.39, 0.29) is 5.60 Å². The van der Waals surface area contributed by atoms with E-state index < -0.39 is 0 Å². The second-order valence-corrected chi connectivity index (χ2v) is 7.17. The van der Waals surface area contributed by atoms with Crippen molar-refractivity contribution in [3.8, 4) is 5.75 Å². The van der Waals surface area contributed by atoms with Crippen LogP contribution in [0.25, 0.3) is 0 Å². The zero-order chi connectivity index (χ0) is 17.1. The zero-order valence-electron chi connectivity index (χ0n) is 14.8. The Morgan fingerprint density at radius 2 is 2.36 bits per heavy atom. The molecule has 0 amide bonds. The van der Waals surface area contributed by atoms with Crippen LogP contribution in [0.5, 0.6) is 5.75 Å². The van der Waals surface area contributed by atoms with Gasteiger partial charge < -0.3 is 14.0 Å². The van der Waals surface area contributed by atoms with Gasteiger partial charge in [0.15, 0.2) is 0 Å². The molecular formula is C19H26N4O2. The number of ether oxygens (including phenoxy) is 2. The molecule has 3 heterocycles. The van der Waals surface area contributed by atoms with Crippen molar-refractivity contribution in [2.24, 2.45) is 13.0 Å². The van der Waals surface area contributed by atoms with Gasteiger partial charge in [-0.1, -0.05) is 0 Å². The highest BCUT2D eigenvalue weighted by molar-refractivity contribution is 5.15. The summed E-state index contributed by atoms with van der Waals surface area (Å²) in [5.41, 5.74) is -0.0778. The summed E-state index contributed by atoms with van der Waals surface area (Å²) in [6, 6.07) is 3.87. The van der Waals surface area contributed by atoms with Gasteiger partial charge in [-0.05, 0) is 31.4 Å². The molecule has 25 heavy (non-hydrogen) atoms. The molecule has 1 aliphatic carbocycles. The first-order valence-electron chi connectivity index (χ1n) is 9.10. The van der Waals surface area contributed by atoms with Crippen LogP contribution in [0, 0.1) is 5.92 Å². The minimum Gasteiger partial charge on any atom is -0.492 e. The molecule has 2 aromatic heterocycles. The molecule has 1 spiro atoms. The molecule has 0 unspecified atom stereocenters. The Morgan fingerprint density at radius 3 is 3.16 bits per heavy atom. The van der Waals surface area contributed by atoms with Gasteiger partial charge in [-0.25, -0.2) is 4.98 Å². The summed E-state index contributed by atoms with van der Waals surface area (Å²) in [4.78, 5) is 11.1. The molecule has 2 atom stereocenters. The van der Waals surface area contributed by atoms with Crippen molar-refractivity contribution in [1.82, 2.24) is 19.4 Å². The van der Waals surface area contributed by atoms with Gasteiger partial charge in [0.05, 0.1) is 31.6 Å². The summed E-state index contributed by atoms with van der Waals surface area (Å²) in [7, 11) is 2.05. The van der Waals surface area contributed by atoms with Crippen molar-refractivity contribution in [1.29, 1.82) is 0 Å². The summed E-state index contributed by atoms with van der Waals surface area (Å²) in [5.74, 6) is 2.38. The minimum absolute atomic E-state index is 0.0778. The van der Waals surface area contributed by atoms with Crippen LogP contribution < -0.4 is 4.74 Å². The van der Waals surface area contributed by atoms with E-state index in [1.807, 2.05) is 24.5 Å². The molecular weight excluding hydrogens is 316 g/mol. The molecule has 6 heteroatoms. The smallest absolute Gasteiger partial charge is 0.137 e. The van der Waals surface area contributed by atoms with Crippen LogP contribution in [0.15, 0.2) is 36.9 Å². The van der Waals surface area contributed by atoms with E-state index in [1.165, 1.54) is 6.42 Å². The number of pyridine rings is 1. The molecule has 0 aromatic carbocycles. The maximum atomic E-state index is 6.34. The van der Waals surface area contributed by atoms with E-state index >= 15 is 0 Å². The Bertz CT molecular complexity index is 690. The highest BCUT2D eigenvalue weighted by atomic mass is 16.5. The average Bonchev–Trinajstić information content (AvgIpc) is 3.21. The Hall–Kier alpha value is -1.92. The quantitative estimate of drug-likeness (QED) is 0.834. The lowest BCUT2D eigenvalue weighted by Gasteiger charge is -2.44. The van der Waals surface area contributed by atoms with Gasteiger partial charge in [-0.2, -0.15) is 0 Å². The number of morpholine rings is 1. The van der Waals surface area contributed by atoms with Crippen molar-refractivity contribution in [2.75, 3.05) is 26.3 Å². The predicted molar refractivity (Wildman–Crippen MR) is 94.2 cm³/mol. The van der Waals surface area contributed by atoms with Crippen molar-refractivity contribution in [2.45, 2.75) is 31.4 Å². The first-order chi connectivity index (χ1) is 12.3. The largest absolute Gasteiger partial charge is 0.492 e. The molecule has 0 N–H and O–H groups in total. The van der Waals surface area contributed by atoms with Crippen LogP contribution in [0.4, 0.5) is 0 Å². The molecule has 1 saturated carbocycles. The Labute approximate surface area is 148 Å². The Kier molecular flexibility index (Phi) is 4.72. The fourth-order valence-electron chi connectivity index (χ4n) is 4.14. The van der Waals surface area contributed by atoms with Gasteiger partial charge in [-0.3, -0.25) is 9.88 Å². The molecule has 0 bridgehead atoms. The van der Waals surface area contributed by atoms with Gasteiger partial charge in [0.1, 0.15) is 11.6 Å². The van der Waals surface area contributed by atoms with Gasteiger partial charge in [0, 0.05) is 44.6 Å². The first kappa shape index (κ1) is 16.5. The molecule has 1 aliphatic heterocycles. The monoisotopic (exact) mass is 342 g/mol. The standard InChI is InChI=1S/C19H26N4O2/c1-22-9-8-21-18(22)13-23-10-11-25-19(15-23)6-2-4-16(19)14-24-17-5-3-7-20-12-17/h3,5,7-9,12,16H,2,4,6,10-11,13-15H2,1H3/t16-,19-/m1/s1. The Morgan fingerprint density at radius 1 is 1.40 bits per heavy atom. The van der Waals surface area contributed by atoms with E-state index in [9.17, 15) is 0 Å². The van der Waals surface area contributed by atoms with Crippen LogP contribution >= 0.6 is 0 Å². The number of aryl methyl sites for hydroxylation is 1. The molecule has 134 valence electrons. The van der Waals surface area contributed by atoms with E-state index in [0.29, 0.717) is 12.5 Å². The van der Waals surface area contributed by atoms with Crippen LogP contribution in [0.3, 0.4) is 0 Å². The van der Waals surface area contributed by atoms with Crippen LogP contribution in [-0.2, 0) is 18.3 Å². The predicted octanol–water partition coefficient (Wildman–Crippen LogP) is 2.27. The number of imidazole rings is 1. The molecule has 4 rings (SSSR count). The zero-order valence-corrected chi connectivity index (χ0v) is 14.8. The lowest BCUT2D eigenvalue weighted by Crippen LogP contribution is -2.54. The summed E-state index contributed by atoms with van der Waals surface area (Å²) >= 11 is 0. The SMILES string of the molecule is Cn1ccnc1CN1CCO[C@]2(CCC[C@@H]2COc2cccnc2)C1. The minimum atomic E-state index is -0.0778. The number of nitrogens with zero attached hydrogens (tertiary/aromatic N) is 4. The molecule has 6 nitrogen and oxygen atoms in total. The topological polar surface area (TPSA) is 52.4 Å². The lowest BCUT2D eigenvalue weighted by molar-refractivity contribution is -0.137. The van der Waals surface area contributed by atoms with E-state index in [2.05, 4.69) is 26.5 Å². The molecule has 2 aliphatic rings. The second-order valence-electron chi connectivity index (χ2n) is 7.17. The van der Waals surface area contributed by atoms with E-state index in [0.717, 1.165) is 50.7 Å². The van der Waals surface area contributed by atoms with Crippen molar-refractivity contribution in [3.05, 3.63) is 42.7 Å². The van der Waals surface area contributed by atoms with Crippen LogP contribution in [0.1, 0.15) is 25.1 Å². The summed E-state index contributed by atoms with van der Waals surface area (Å²) in [6.07, 6.45) is 10.9. The van der Waals surface area contributed by atoms with Gasteiger partial charge in [0.25, 0.3) is 0 Å². The molecule has 0 radical (unpaired) electrons. The average molecular weight is 342 g/mol. The summed E-state index contributed by atoms with van der Waals surface area (Å²) in [5, 5.41) is 0. The highest BCUT2D eigenvalue weighted by Crippen LogP contribution is 2.41. The van der Waals surface area contributed by atoms with Gasteiger partial charge in [0.2, 0.25) is 0 Å². The van der Waals surface area contributed by atoms with Crippen LogP contribution in [-0.4, -0.2) is 51.3 Å². The fourth-order valence-corrected chi connectivity index (χ4v) is 4.14. The molecule has 2 fully saturated rings. The third kappa shape index (κ3) is 3.55. The lowest BCUT2D eigenvalue weighted by atomic mass is 9.89. The maximum absolute atomic E-state index is 6.34. The van der Waals surface area contributed by atoms with Gasteiger partial charge >= 0.3 is 0 Å². The maximum Gasteiger partial charge on any atom is 0.137 e. The van der Waals surface area contributed by atoms with Crippen molar-refractivity contribution in [3.63, 3.8) is 0 Å². The Balaban J connectivity index is 1.41. The third-order valence-electron chi connectivity index (χ3n) is 5.56. The first-order valence-corrected chi connectivity index (χ1v) is 9.10. The third-order valence-corrected chi connectivity index (χ3v) is 5.56. The highest BCUT2D eigenvalue weighted by Gasteiger charge is 2.47. The van der Waals surface area contributed by atoms with E-state index in [4.69, 9.17) is 9.47 Å². The van der Waals surface area contributed by atoms with Gasteiger partial charge in [-0.15, -0.1) is 0 Å². The van der Waals surface area contributed by atoms with Crippen molar-refractivity contribution >= 4 is 0 Å². The number of hydrogen-bond acceptors (Lipinski definition) is 5. The summed E-state index contributed by atoms with van der Waals surface area (Å²) in [6.45, 7) is 4.28. The fraction of sp³-hybridized carbons (Fsp3) is 0.579. The van der Waals surface area contributed by atoms with Crippen LogP contribution in [0.2, 0.25) is 0 Å². The second kappa shape index (κ2) is 7.14. The number of rotatable bonds is 5. The van der Waals surface area contributed by atoms with E-state index in [1.54, 1.807) is 12.4 Å². The van der Waals surface area contributed by atoms with Crippen molar-refractivity contribution < 1.29 is 9.47 Å². The molecule has 2 aromatic rings. The summed E-state index contributed by atoms with van der Waals surface area (Å²) < 4.78 is 14.4. The number of hydrogen-bond donors (Lipinski definition) is 0.